The molecule has 0 aliphatic carbocycles. The summed E-state index contributed by atoms with van der Waals surface area (Å²) in [6.07, 6.45) is 11.1. The second-order valence-corrected chi connectivity index (χ2v) is 16.6. The lowest BCUT2D eigenvalue weighted by Crippen LogP contribution is -2.10. The number of hydrogen-bond donors (Lipinski definition) is 0. The fourth-order valence-corrected chi connectivity index (χ4v) is 8.08. The average molecular weight is 925 g/mol. The van der Waals surface area contributed by atoms with Crippen LogP contribution in [0.5, 0.6) is 0 Å². The predicted octanol–water partition coefficient (Wildman–Crippen LogP) is 16.2. The molecule has 70 heavy (non-hydrogen) atoms. The number of aryl methyl sites for hydroxylation is 2. The van der Waals surface area contributed by atoms with Gasteiger partial charge in [0.2, 0.25) is 0 Å². The van der Waals surface area contributed by atoms with E-state index in [0.29, 0.717) is 0 Å². The van der Waals surface area contributed by atoms with Crippen LogP contribution in [0.4, 0.5) is 43.7 Å². The van der Waals surface area contributed by atoms with Crippen LogP contribution in [0.1, 0.15) is 46.2 Å². The van der Waals surface area contributed by atoms with Gasteiger partial charge in [-0.25, -0.2) is 9.59 Å². The summed E-state index contributed by atoms with van der Waals surface area (Å²) in [4.78, 5) is 27.8. The van der Waals surface area contributed by atoms with Crippen LogP contribution in [-0.2, 0) is 45.0 Å². The average Bonchev–Trinajstić information content (AvgIpc) is 3.42. The first-order valence-electron chi connectivity index (χ1n) is 23.4. The molecule has 8 heteroatoms. The Morgan fingerprint density at radius 1 is 0.371 bits per heavy atom. The molecule has 8 nitrogen and oxygen atoms in total. The van der Waals surface area contributed by atoms with Gasteiger partial charge in [0.05, 0.1) is 14.2 Å². The van der Waals surface area contributed by atoms with Crippen LogP contribution < -0.4 is 9.80 Å². The minimum Gasteiger partial charge on any atom is -0.438 e. The fraction of sp³-hybridized carbons (Fsp3) is 0.129. The standard InChI is InChI=1S/C62H56N2O6/c1-67-61(65)69-45-51-25-37-57(38-26-51)63(55-33-21-49(22-34-55)19-11-9-17-47-13-5-3-6-14-47)59-41-29-53(30-42-59)54-31-43-60(44-32-54)64(58-39-27-52(28-40-58)46-70-62(66)68-2)56-35-23-50(24-36-56)20-12-10-18-48-15-7-4-8-16-48/h3-10,13-18,21-44H,11-12,19-20,45-46H2,1-2H3. The third-order valence-electron chi connectivity index (χ3n) is 11.8. The van der Waals surface area contributed by atoms with Crippen molar-refractivity contribution in [3.05, 3.63) is 252 Å². The molecule has 8 aromatic rings. The van der Waals surface area contributed by atoms with Gasteiger partial charge < -0.3 is 28.7 Å². The molecule has 0 saturated heterocycles. The van der Waals surface area contributed by atoms with Gasteiger partial charge in [-0.2, -0.15) is 0 Å². The molecule has 0 atom stereocenters. The number of allylic oxidation sites excluding steroid dienone is 2. The van der Waals surface area contributed by atoms with Crippen molar-refractivity contribution in [2.45, 2.75) is 38.9 Å². The first-order chi connectivity index (χ1) is 34.4. The smallest absolute Gasteiger partial charge is 0.438 e. The second kappa shape index (κ2) is 24.4. The van der Waals surface area contributed by atoms with Crippen LogP contribution in [0.3, 0.4) is 0 Å². The molecular weight excluding hydrogens is 869 g/mol. The molecular formula is C62H56N2O6. The fourth-order valence-electron chi connectivity index (χ4n) is 8.08. The van der Waals surface area contributed by atoms with Gasteiger partial charge >= 0.3 is 12.3 Å². The van der Waals surface area contributed by atoms with Crippen LogP contribution in [-0.4, -0.2) is 26.5 Å². The summed E-state index contributed by atoms with van der Waals surface area (Å²) < 4.78 is 19.7. The second-order valence-electron chi connectivity index (χ2n) is 16.6. The van der Waals surface area contributed by atoms with Crippen molar-refractivity contribution >= 4 is 58.6 Å². The van der Waals surface area contributed by atoms with E-state index in [9.17, 15) is 9.59 Å². The maximum atomic E-state index is 11.7. The molecule has 350 valence electrons. The van der Waals surface area contributed by atoms with Crippen LogP contribution in [0.2, 0.25) is 0 Å². The molecule has 0 heterocycles. The molecule has 0 fully saturated rings. The molecule has 0 aliphatic rings. The summed E-state index contributed by atoms with van der Waals surface area (Å²) in [5, 5.41) is 0. The van der Waals surface area contributed by atoms with Crippen LogP contribution in [0.25, 0.3) is 23.3 Å². The third kappa shape index (κ3) is 13.3. The van der Waals surface area contributed by atoms with Crippen molar-refractivity contribution < 1.29 is 28.5 Å². The van der Waals surface area contributed by atoms with E-state index in [0.717, 1.165) is 82.1 Å². The molecule has 8 aromatic carbocycles. The van der Waals surface area contributed by atoms with Crippen molar-refractivity contribution in [3.8, 4) is 11.1 Å². The summed E-state index contributed by atoms with van der Waals surface area (Å²) in [5.41, 5.74) is 14.8. The molecule has 0 amide bonds. The van der Waals surface area contributed by atoms with E-state index in [2.05, 4.69) is 189 Å². The van der Waals surface area contributed by atoms with Crippen molar-refractivity contribution in [2.75, 3.05) is 24.0 Å². The molecule has 0 aromatic heterocycles. The number of rotatable bonds is 19. The SMILES string of the molecule is COC(=O)OCc1ccc(N(c2ccc(CCC=Cc3ccccc3)cc2)c2ccc(-c3ccc(N(c4ccc(CCC=Cc5ccccc5)cc4)c4ccc(COC(=O)OC)cc4)cc3)cc2)cc1. The van der Waals surface area contributed by atoms with Gasteiger partial charge in [-0.05, 0) is 143 Å². The minimum absolute atomic E-state index is 0.117. The van der Waals surface area contributed by atoms with Crippen LogP contribution in [0.15, 0.2) is 218 Å². The minimum atomic E-state index is -0.715. The molecule has 0 N–H and O–H groups in total. The number of carbonyl (C=O) groups excluding carboxylic acids is 2. The Bertz CT molecular complexity index is 2730. The molecule has 0 radical (unpaired) electrons. The number of nitrogens with zero attached hydrogens (tertiary/aromatic N) is 2. The Balaban J connectivity index is 1.02. The highest BCUT2D eigenvalue weighted by Gasteiger charge is 2.16. The van der Waals surface area contributed by atoms with Gasteiger partial charge in [0.15, 0.2) is 0 Å². The molecule has 8 rings (SSSR count). The maximum absolute atomic E-state index is 11.7. The lowest BCUT2D eigenvalue weighted by Gasteiger charge is -2.26. The number of hydrogen-bond acceptors (Lipinski definition) is 8. The lowest BCUT2D eigenvalue weighted by molar-refractivity contribution is 0.0660. The molecule has 0 aliphatic heterocycles. The zero-order valence-corrected chi connectivity index (χ0v) is 39.5. The first kappa shape index (κ1) is 47.9. The van der Waals surface area contributed by atoms with Crippen molar-refractivity contribution in [3.63, 3.8) is 0 Å². The Kier molecular flexibility index (Phi) is 16.7. The van der Waals surface area contributed by atoms with Crippen LogP contribution in [0, 0.1) is 0 Å². The predicted molar refractivity (Wildman–Crippen MR) is 283 cm³/mol. The lowest BCUT2D eigenvalue weighted by atomic mass is 10.0. The molecule has 0 bridgehead atoms. The highest BCUT2D eigenvalue weighted by Crippen LogP contribution is 2.39. The summed E-state index contributed by atoms with van der Waals surface area (Å²) in [7, 11) is 2.60. The number of carbonyl (C=O) groups is 2. The zero-order chi connectivity index (χ0) is 48.3. The van der Waals surface area contributed by atoms with Gasteiger partial charge in [-0.3, -0.25) is 0 Å². The van der Waals surface area contributed by atoms with E-state index >= 15 is 0 Å². The maximum Gasteiger partial charge on any atom is 0.508 e. The van der Waals surface area contributed by atoms with Gasteiger partial charge in [-0.1, -0.05) is 158 Å². The molecule has 0 unspecified atom stereocenters. The Morgan fingerprint density at radius 3 is 0.957 bits per heavy atom. The Morgan fingerprint density at radius 2 is 0.657 bits per heavy atom. The van der Waals surface area contributed by atoms with E-state index in [1.807, 2.05) is 60.7 Å². The highest BCUT2D eigenvalue weighted by molar-refractivity contribution is 5.81. The normalized spacial score (nSPS) is 11.1. The summed E-state index contributed by atoms with van der Waals surface area (Å²) in [5.74, 6) is 0. The summed E-state index contributed by atoms with van der Waals surface area (Å²) in [6.45, 7) is 0.234. The zero-order valence-electron chi connectivity index (χ0n) is 39.5. The summed E-state index contributed by atoms with van der Waals surface area (Å²) >= 11 is 0. The number of benzene rings is 8. The molecule has 0 spiro atoms. The van der Waals surface area contributed by atoms with Gasteiger partial charge in [0.25, 0.3) is 0 Å². The summed E-state index contributed by atoms with van der Waals surface area (Å²) in [6, 6.07) is 71.5. The Labute approximate surface area is 411 Å². The monoisotopic (exact) mass is 924 g/mol. The Hall–Kier alpha value is -8.62. The topological polar surface area (TPSA) is 77.5 Å². The largest absolute Gasteiger partial charge is 0.508 e. The third-order valence-corrected chi connectivity index (χ3v) is 11.8. The van der Waals surface area contributed by atoms with E-state index in [4.69, 9.17) is 9.47 Å². The molecule has 0 saturated carbocycles. The van der Waals surface area contributed by atoms with Crippen LogP contribution >= 0.6 is 0 Å². The highest BCUT2D eigenvalue weighted by atomic mass is 16.7. The number of ether oxygens (including phenoxy) is 4. The number of methoxy groups -OCH3 is 2. The van der Waals surface area contributed by atoms with Crippen molar-refractivity contribution in [1.29, 1.82) is 0 Å². The quantitative estimate of drug-likeness (QED) is 0.0742. The number of anilines is 6. The van der Waals surface area contributed by atoms with E-state index in [-0.39, 0.29) is 13.2 Å². The van der Waals surface area contributed by atoms with Gasteiger partial charge in [0, 0.05) is 34.1 Å². The van der Waals surface area contributed by atoms with Gasteiger partial charge in [-0.15, -0.1) is 0 Å². The van der Waals surface area contributed by atoms with Gasteiger partial charge in [0.1, 0.15) is 13.2 Å². The van der Waals surface area contributed by atoms with E-state index in [1.54, 1.807) is 0 Å². The van der Waals surface area contributed by atoms with E-state index < -0.39 is 12.3 Å². The van der Waals surface area contributed by atoms with Crippen molar-refractivity contribution in [1.82, 2.24) is 0 Å². The van der Waals surface area contributed by atoms with E-state index in [1.165, 1.54) is 36.5 Å². The van der Waals surface area contributed by atoms with Crippen molar-refractivity contribution in [2.24, 2.45) is 0 Å². The first-order valence-corrected chi connectivity index (χ1v) is 23.4.